The van der Waals surface area contributed by atoms with Crippen molar-refractivity contribution in [3.05, 3.63) is 33.9 Å². The van der Waals surface area contributed by atoms with Gasteiger partial charge in [-0.3, -0.25) is 10.1 Å². The molecule has 2 rings (SSSR count). The zero-order chi connectivity index (χ0) is 16.8. The molecule has 1 fully saturated rings. The van der Waals surface area contributed by atoms with Gasteiger partial charge in [-0.25, -0.2) is 4.79 Å². The molecule has 0 unspecified atom stereocenters. The first-order chi connectivity index (χ1) is 11.0. The van der Waals surface area contributed by atoms with Crippen LogP contribution >= 0.6 is 0 Å². The number of benzene rings is 1. The Morgan fingerprint density at radius 2 is 2.04 bits per heavy atom. The van der Waals surface area contributed by atoms with Crippen LogP contribution in [-0.2, 0) is 6.42 Å². The number of aliphatic hydroxyl groups excluding tert-OH is 1. The molecule has 1 aromatic rings. The topological polar surface area (TPSA) is 104 Å². The lowest BCUT2D eigenvalue weighted by atomic mass is 9.87. The van der Waals surface area contributed by atoms with Crippen LogP contribution in [0.1, 0.15) is 38.2 Å². The second-order valence-corrected chi connectivity index (χ2v) is 5.95. The van der Waals surface area contributed by atoms with E-state index in [2.05, 4.69) is 10.6 Å². The van der Waals surface area contributed by atoms with Crippen molar-refractivity contribution < 1.29 is 14.8 Å². The Balaban J connectivity index is 1.93. The Morgan fingerprint density at radius 3 is 2.61 bits per heavy atom. The number of urea groups is 1. The largest absolute Gasteiger partial charge is 0.396 e. The van der Waals surface area contributed by atoms with Crippen LogP contribution in [0, 0.1) is 16.0 Å². The smallest absolute Gasteiger partial charge is 0.319 e. The Labute approximate surface area is 135 Å². The molecule has 3 N–H and O–H groups in total. The average molecular weight is 321 g/mol. The monoisotopic (exact) mass is 321 g/mol. The van der Waals surface area contributed by atoms with Gasteiger partial charge in [-0.2, -0.15) is 0 Å². The summed E-state index contributed by atoms with van der Waals surface area (Å²) in [6.45, 7) is 2.05. The number of rotatable bonds is 5. The van der Waals surface area contributed by atoms with Gasteiger partial charge in [-0.1, -0.05) is 13.0 Å². The first-order valence-electron chi connectivity index (χ1n) is 7.99. The second kappa shape index (κ2) is 7.92. The summed E-state index contributed by atoms with van der Waals surface area (Å²) in [4.78, 5) is 22.6. The first kappa shape index (κ1) is 17.2. The predicted octanol–water partition coefficient (Wildman–Crippen LogP) is 2.83. The Hall–Kier alpha value is -2.15. The van der Waals surface area contributed by atoms with E-state index in [-0.39, 0.29) is 24.4 Å². The number of carbonyl (C=O) groups is 1. The van der Waals surface area contributed by atoms with Crippen molar-refractivity contribution in [3.8, 4) is 0 Å². The lowest BCUT2D eigenvalue weighted by Crippen LogP contribution is -2.40. The molecule has 23 heavy (non-hydrogen) atoms. The molecule has 1 aliphatic rings. The number of nitro groups is 1. The van der Waals surface area contributed by atoms with Gasteiger partial charge in [0.1, 0.15) is 0 Å². The number of carbonyl (C=O) groups excluding carboxylic acids is 1. The minimum Gasteiger partial charge on any atom is -0.396 e. The molecule has 0 spiro atoms. The summed E-state index contributed by atoms with van der Waals surface area (Å²) in [6, 6.07) is 4.47. The number of nitro benzene ring substituents is 1. The van der Waals surface area contributed by atoms with Crippen LogP contribution in [0.4, 0.5) is 16.2 Å². The fourth-order valence-electron chi connectivity index (χ4n) is 2.95. The Bertz CT molecular complexity index is 568. The normalized spacial score (nSPS) is 20.8. The molecule has 0 atom stereocenters. The number of hydrogen-bond donors (Lipinski definition) is 3. The van der Waals surface area contributed by atoms with Gasteiger partial charge in [0.25, 0.3) is 5.69 Å². The molecule has 126 valence electrons. The van der Waals surface area contributed by atoms with Crippen molar-refractivity contribution in [1.82, 2.24) is 5.32 Å². The second-order valence-electron chi connectivity index (χ2n) is 5.95. The van der Waals surface area contributed by atoms with Crippen LogP contribution < -0.4 is 10.6 Å². The van der Waals surface area contributed by atoms with Crippen molar-refractivity contribution in [1.29, 1.82) is 0 Å². The molecule has 1 saturated carbocycles. The van der Waals surface area contributed by atoms with Gasteiger partial charge in [0.2, 0.25) is 0 Å². The molecular weight excluding hydrogens is 298 g/mol. The van der Waals surface area contributed by atoms with Gasteiger partial charge in [0.05, 0.1) is 4.92 Å². The molecule has 1 aromatic carbocycles. The van der Waals surface area contributed by atoms with E-state index in [1.165, 1.54) is 6.07 Å². The van der Waals surface area contributed by atoms with Crippen LogP contribution in [0.3, 0.4) is 0 Å². The summed E-state index contributed by atoms with van der Waals surface area (Å²) in [5.74, 6) is 0.334. The average Bonchev–Trinajstić information content (AvgIpc) is 2.55. The number of aryl methyl sites for hydroxylation is 1. The third-order valence-corrected chi connectivity index (χ3v) is 4.36. The number of hydrogen-bond acceptors (Lipinski definition) is 4. The number of nitrogens with one attached hydrogen (secondary N) is 2. The fourth-order valence-corrected chi connectivity index (χ4v) is 2.95. The molecule has 0 aliphatic heterocycles. The zero-order valence-corrected chi connectivity index (χ0v) is 13.2. The predicted molar refractivity (Wildman–Crippen MR) is 87.5 cm³/mol. The van der Waals surface area contributed by atoms with Crippen LogP contribution in [0.5, 0.6) is 0 Å². The van der Waals surface area contributed by atoms with Crippen molar-refractivity contribution in [2.75, 3.05) is 11.9 Å². The molecule has 7 heteroatoms. The molecule has 1 aliphatic carbocycles. The minimum atomic E-state index is -0.432. The number of anilines is 1. The van der Waals surface area contributed by atoms with Gasteiger partial charge in [0.15, 0.2) is 0 Å². The maximum absolute atomic E-state index is 12.0. The van der Waals surface area contributed by atoms with Gasteiger partial charge < -0.3 is 15.7 Å². The summed E-state index contributed by atoms with van der Waals surface area (Å²) in [6.07, 6.45) is 4.05. The molecule has 2 amide bonds. The highest BCUT2D eigenvalue weighted by molar-refractivity contribution is 5.89. The summed E-state index contributed by atoms with van der Waals surface area (Å²) >= 11 is 0. The van der Waals surface area contributed by atoms with Crippen molar-refractivity contribution in [3.63, 3.8) is 0 Å². The van der Waals surface area contributed by atoms with Crippen molar-refractivity contribution in [2.24, 2.45) is 5.92 Å². The highest BCUT2D eigenvalue weighted by atomic mass is 16.6. The summed E-state index contributed by atoms with van der Waals surface area (Å²) in [5, 5.41) is 25.7. The van der Waals surface area contributed by atoms with E-state index in [4.69, 9.17) is 5.11 Å². The van der Waals surface area contributed by atoms with Gasteiger partial charge in [-0.05, 0) is 44.1 Å². The quantitative estimate of drug-likeness (QED) is 0.573. The molecule has 0 heterocycles. The van der Waals surface area contributed by atoms with Crippen LogP contribution in [0.25, 0.3) is 0 Å². The summed E-state index contributed by atoms with van der Waals surface area (Å²) < 4.78 is 0. The molecule has 7 nitrogen and oxygen atoms in total. The minimum absolute atomic E-state index is 0.0220. The lowest BCUT2D eigenvalue weighted by Gasteiger charge is -2.27. The van der Waals surface area contributed by atoms with E-state index in [1.807, 2.05) is 6.92 Å². The standard InChI is InChI=1S/C16H23N3O4/c1-2-12-5-8-14(9-15(12)19(22)23)18-16(21)17-13-6-3-11(10-20)4-7-13/h5,8-9,11,13,20H,2-4,6-7,10H2,1H3,(H2,17,18,21). The molecular formula is C16H23N3O4. The van der Waals surface area contributed by atoms with Crippen LogP contribution in [0.2, 0.25) is 0 Å². The van der Waals surface area contributed by atoms with E-state index >= 15 is 0 Å². The van der Waals surface area contributed by atoms with Crippen molar-refractivity contribution >= 4 is 17.4 Å². The first-order valence-corrected chi connectivity index (χ1v) is 7.99. The van der Waals surface area contributed by atoms with Crippen LogP contribution in [0.15, 0.2) is 18.2 Å². The van der Waals surface area contributed by atoms with Crippen LogP contribution in [-0.4, -0.2) is 28.7 Å². The van der Waals surface area contributed by atoms with E-state index in [9.17, 15) is 14.9 Å². The van der Waals surface area contributed by atoms with E-state index in [0.717, 1.165) is 25.7 Å². The number of aliphatic hydroxyl groups is 1. The van der Waals surface area contributed by atoms with Gasteiger partial charge in [-0.15, -0.1) is 0 Å². The zero-order valence-electron chi connectivity index (χ0n) is 13.2. The van der Waals surface area contributed by atoms with E-state index in [0.29, 0.717) is 23.6 Å². The highest BCUT2D eigenvalue weighted by Crippen LogP contribution is 2.25. The maximum atomic E-state index is 12.0. The molecule has 0 radical (unpaired) electrons. The lowest BCUT2D eigenvalue weighted by molar-refractivity contribution is -0.385. The third-order valence-electron chi connectivity index (χ3n) is 4.36. The van der Waals surface area contributed by atoms with Gasteiger partial charge in [0, 0.05) is 30.0 Å². The summed E-state index contributed by atoms with van der Waals surface area (Å²) in [5.41, 5.74) is 1.08. The number of nitrogens with zero attached hydrogens (tertiary/aromatic N) is 1. The highest BCUT2D eigenvalue weighted by Gasteiger charge is 2.22. The Kier molecular flexibility index (Phi) is 5.92. The van der Waals surface area contributed by atoms with E-state index < -0.39 is 4.92 Å². The van der Waals surface area contributed by atoms with Crippen molar-refractivity contribution in [2.45, 2.75) is 45.1 Å². The summed E-state index contributed by atoms with van der Waals surface area (Å²) in [7, 11) is 0. The fraction of sp³-hybridized carbons (Fsp3) is 0.562. The maximum Gasteiger partial charge on any atom is 0.319 e. The van der Waals surface area contributed by atoms with Gasteiger partial charge >= 0.3 is 6.03 Å². The van der Waals surface area contributed by atoms with E-state index in [1.54, 1.807) is 12.1 Å². The third kappa shape index (κ3) is 4.66. The molecule has 0 bridgehead atoms. The Morgan fingerprint density at radius 1 is 1.35 bits per heavy atom. The molecule has 0 aromatic heterocycles. The molecule has 0 saturated heterocycles. The SMILES string of the molecule is CCc1ccc(NC(=O)NC2CCC(CO)CC2)cc1[N+](=O)[O-]. The number of amides is 2.